The van der Waals surface area contributed by atoms with Gasteiger partial charge in [-0.25, -0.2) is 12.7 Å². The standard InChI is InChI=1S/C12H18N2O2S/c1-10-4-3-5-12(13-10)11-6-8-14(9-7-11)17(2,15)16/h3-5,11H,6-9H2,1-2H3. The number of hydrogen-bond acceptors (Lipinski definition) is 3. The Morgan fingerprint density at radius 3 is 2.47 bits per heavy atom. The van der Waals surface area contributed by atoms with Crippen molar-refractivity contribution in [3.05, 3.63) is 29.6 Å². The van der Waals surface area contributed by atoms with Crippen molar-refractivity contribution in [1.29, 1.82) is 0 Å². The van der Waals surface area contributed by atoms with E-state index in [1.807, 2.05) is 25.1 Å². The van der Waals surface area contributed by atoms with E-state index in [9.17, 15) is 8.42 Å². The van der Waals surface area contributed by atoms with Gasteiger partial charge in [0, 0.05) is 30.4 Å². The summed E-state index contributed by atoms with van der Waals surface area (Å²) < 4.78 is 24.3. The quantitative estimate of drug-likeness (QED) is 0.804. The zero-order chi connectivity index (χ0) is 12.5. The fraction of sp³-hybridized carbons (Fsp3) is 0.583. The molecule has 0 N–H and O–H groups in total. The molecule has 0 atom stereocenters. The van der Waals surface area contributed by atoms with Crippen molar-refractivity contribution < 1.29 is 8.42 Å². The molecule has 1 aromatic rings. The lowest BCUT2D eigenvalue weighted by molar-refractivity contribution is 0.318. The van der Waals surface area contributed by atoms with Gasteiger partial charge in [0.2, 0.25) is 10.0 Å². The van der Waals surface area contributed by atoms with Gasteiger partial charge in [0.05, 0.1) is 6.26 Å². The first-order valence-electron chi connectivity index (χ1n) is 5.85. The fourth-order valence-electron chi connectivity index (χ4n) is 2.27. The van der Waals surface area contributed by atoms with E-state index in [4.69, 9.17) is 0 Å². The Morgan fingerprint density at radius 2 is 1.94 bits per heavy atom. The predicted molar refractivity (Wildman–Crippen MR) is 67.4 cm³/mol. The Kier molecular flexibility index (Phi) is 3.49. The molecule has 0 radical (unpaired) electrons. The van der Waals surface area contributed by atoms with Crippen LogP contribution in [0.4, 0.5) is 0 Å². The molecule has 4 nitrogen and oxygen atoms in total. The number of aryl methyl sites for hydroxylation is 1. The summed E-state index contributed by atoms with van der Waals surface area (Å²) >= 11 is 0. The number of aromatic nitrogens is 1. The van der Waals surface area contributed by atoms with E-state index >= 15 is 0 Å². The van der Waals surface area contributed by atoms with Gasteiger partial charge in [0.1, 0.15) is 0 Å². The summed E-state index contributed by atoms with van der Waals surface area (Å²) in [6.07, 6.45) is 3.01. The maximum Gasteiger partial charge on any atom is 0.211 e. The zero-order valence-corrected chi connectivity index (χ0v) is 11.1. The maximum absolute atomic E-state index is 11.4. The third-order valence-electron chi connectivity index (χ3n) is 3.25. The van der Waals surface area contributed by atoms with Crippen molar-refractivity contribution in [2.45, 2.75) is 25.7 Å². The lowest BCUT2D eigenvalue weighted by Crippen LogP contribution is -2.37. The lowest BCUT2D eigenvalue weighted by Gasteiger charge is -2.29. The second-order valence-electron chi connectivity index (χ2n) is 4.64. The molecule has 1 aliphatic heterocycles. The first-order chi connectivity index (χ1) is 7.97. The molecule has 0 spiro atoms. The lowest BCUT2D eigenvalue weighted by atomic mass is 9.94. The Hall–Kier alpha value is -0.940. The summed E-state index contributed by atoms with van der Waals surface area (Å²) in [5.74, 6) is 0.396. The molecule has 0 unspecified atom stereocenters. The third kappa shape index (κ3) is 3.04. The van der Waals surface area contributed by atoms with Gasteiger partial charge in [0.15, 0.2) is 0 Å². The van der Waals surface area contributed by atoms with Crippen LogP contribution in [0.5, 0.6) is 0 Å². The number of piperidine rings is 1. The molecule has 0 aromatic carbocycles. The number of rotatable bonds is 2. The highest BCUT2D eigenvalue weighted by atomic mass is 32.2. The Morgan fingerprint density at radius 1 is 1.29 bits per heavy atom. The molecule has 2 heterocycles. The van der Waals surface area contributed by atoms with E-state index < -0.39 is 10.0 Å². The summed E-state index contributed by atoms with van der Waals surface area (Å²) in [4.78, 5) is 4.52. The van der Waals surface area contributed by atoms with Gasteiger partial charge in [-0.15, -0.1) is 0 Å². The normalized spacial score (nSPS) is 19.4. The second-order valence-corrected chi connectivity index (χ2v) is 6.62. The van der Waals surface area contributed by atoms with Crippen LogP contribution in [0.25, 0.3) is 0 Å². The zero-order valence-electron chi connectivity index (χ0n) is 10.3. The number of nitrogens with zero attached hydrogens (tertiary/aromatic N) is 2. The average Bonchev–Trinajstić information content (AvgIpc) is 2.28. The predicted octanol–water partition coefficient (Wildman–Crippen LogP) is 1.53. The van der Waals surface area contributed by atoms with Crippen LogP contribution in [0.2, 0.25) is 0 Å². The summed E-state index contributed by atoms with van der Waals surface area (Å²) in [5, 5.41) is 0. The topological polar surface area (TPSA) is 50.3 Å². The molecule has 5 heteroatoms. The molecule has 0 saturated carbocycles. The van der Waals surface area contributed by atoms with Gasteiger partial charge < -0.3 is 0 Å². The molecule has 94 valence electrons. The van der Waals surface area contributed by atoms with Crippen LogP contribution in [-0.4, -0.2) is 37.1 Å². The Balaban J connectivity index is 2.05. The summed E-state index contributed by atoms with van der Waals surface area (Å²) in [7, 11) is -3.03. The van der Waals surface area contributed by atoms with E-state index in [1.165, 1.54) is 6.26 Å². The molecule has 1 aromatic heterocycles. The van der Waals surface area contributed by atoms with Gasteiger partial charge in [-0.1, -0.05) is 6.07 Å². The van der Waals surface area contributed by atoms with E-state index in [-0.39, 0.29) is 0 Å². The van der Waals surface area contributed by atoms with Crippen LogP contribution in [0.3, 0.4) is 0 Å². The molecule has 0 bridgehead atoms. The van der Waals surface area contributed by atoms with Crippen LogP contribution >= 0.6 is 0 Å². The largest absolute Gasteiger partial charge is 0.258 e. The molecule has 1 fully saturated rings. The highest BCUT2D eigenvalue weighted by Crippen LogP contribution is 2.27. The summed E-state index contributed by atoms with van der Waals surface area (Å²) in [6.45, 7) is 3.20. The Bertz CT molecular complexity index is 491. The van der Waals surface area contributed by atoms with Crippen LogP contribution < -0.4 is 0 Å². The van der Waals surface area contributed by atoms with E-state index in [2.05, 4.69) is 4.98 Å². The first-order valence-corrected chi connectivity index (χ1v) is 7.70. The summed E-state index contributed by atoms with van der Waals surface area (Å²) in [5.41, 5.74) is 2.12. The minimum absolute atomic E-state index is 0.396. The van der Waals surface area contributed by atoms with Crippen LogP contribution in [0.1, 0.15) is 30.1 Å². The van der Waals surface area contributed by atoms with Crippen molar-refractivity contribution in [3.8, 4) is 0 Å². The van der Waals surface area contributed by atoms with Crippen molar-refractivity contribution in [3.63, 3.8) is 0 Å². The molecule has 1 saturated heterocycles. The summed E-state index contributed by atoms with van der Waals surface area (Å²) in [6, 6.07) is 6.03. The number of pyridine rings is 1. The van der Waals surface area contributed by atoms with Crippen molar-refractivity contribution in [1.82, 2.24) is 9.29 Å². The highest BCUT2D eigenvalue weighted by molar-refractivity contribution is 7.88. The highest BCUT2D eigenvalue weighted by Gasteiger charge is 2.26. The van der Waals surface area contributed by atoms with Crippen LogP contribution in [0.15, 0.2) is 18.2 Å². The molecule has 2 rings (SSSR count). The van der Waals surface area contributed by atoms with Crippen LogP contribution in [-0.2, 0) is 10.0 Å². The van der Waals surface area contributed by atoms with E-state index in [1.54, 1.807) is 4.31 Å². The van der Waals surface area contributed by atoms with Gasteiger partial charge in [0.25, 0.3) is 0 Å². The maximum atomic E-state index is 11.4. The van der Waals surface area contributed by atoms with Gasteiger partial charge in [-0.3, -0.25) is 4.98 Å². The fourth-order valence-corrected chi connectivity index (χ4v) is 3.15. The smallest absolute Gasteiger partial charge is 0.211 e. The van der Waals surface area contributed by atoms with Gasteiger partial charge >= 0.3 is 0 Å². The van der Waals surface area contributed by atoms with E-state index in [0.29, 0.717) is 19.0 Å². The molecule has 1 aliphatic rings. The number of hydrogen-bond donors (Lipinski definition) is 0. The third-order valence-corrected chi connectivity index (χ3v) is 4.55. The second kappa shape index (κ2) is 4.74. The van der Waals surface area contributed by atoms with Crippen LogP contribution in [0, 0.1) is 6.92 Å². The SMILES string of the molecule is Cc1cccc(C2CCN(S(C)(=O)=O)CC2)n1. The van der Waals surface area contributed by atoms with E-state index in [0.717, 1.165) is 24.2 Å². The van der Waals surface area contributed by atoms with Crippen molar-refractivity contribution in [2.24, 2.45) is 0 Å². The molecule has 17 heavy (non-hydrogen) atoms. The van der Waals surface area contributed by atoms with Gasteiger partial charge in [-0.2, -0.15) is 0 Å². The molecule has 0 amide bonds. The monoisotopic (exact) mass is 254 g/mol. The Labute approximate surface area is 103 Å². The first kappa shape index (κ1) is 12.5. The molecule has 0 aliphatic carbocycles. The molecular weight excluding hydrogens is 236 g/mol. The van der Waals surface area contributed by atoms with Crippen molar-refractivity contribution >= 4 is 10.0 Å². The average molecular weight is 254 g/mol. The minimum atomic E-state index is -3.03. The molecular formula is C12H18N2O2S. The number of sulfonamides is 1. The minimum Gasteiger partial charge on any atom is -0.258 e. The van der Waals surface area contributed by atoms with Gasteiger partial charge in [-0.05, 0) is 31.9 Å². The van der Waals surface area contributed by atoms with Crippen molar-refractivity contribution in [2.75, 3.05) is 19.3 Å².